The fourth-order valence-corrected chi connectivity index (χ4v) is 2.40. The molecular weight excluding hydrogens is 226 g/mol. The standard InChI is InChI=1S/C11H23NO3S/c1-4-11(12-2,10(13)14)6-5-8-16-9-7-15-3/h12H,4-9H2,1-3H3,(H,13,14). The van der Waals surface area contributed by atoms with Crippen LogP contribution in [-0.4, -0.2) is 48.9 Å². The number of thioether (sulfide) groups is 1. The van der Waals surface area contributed by atoms with Gasteiger partial charge in [-0.2, -0.15) is 11.8 Å². The van der Waals surface area contributed by atoms with Crippen LogP contribution in [0, 0.1) is 0 Å². The maximum Gasteiger partial charge on any atom is 0.323 e. The van der Waals surface area contributed by atoms with E-state index in [1.54, 1.807) is 25.9 Å². The Bertz CT molecular complexity index is 196. The number of carboxylic acid groups (broad SMARTS) is 1. The molecule has 0 aromatic rings. The van der Waals surface area contributed by atoms with Gasteiger partial charge in [-0.25, -0.2) is 0 Å². The summed E-state index contributed by atoms with van der Waals surface area (Å²) in [5, 5.41) is 12.1. The molecule has 0 amide bonds. The quantitative estimate of drug-likeness (QED) is 0.576. The summed E-state index contributed by atoms with van der Waals surface area (Å²) in [5.74, 6) is 1.21. The Balaban J connectivity index is 3.81. The first-order valence-electron chi connectivity index (χ1n) is 5.62. The van der Waals surface area contributed by atoms with Crippen LogP contribution >= 0.6 is 11.8 Å². The molecule has 96 valence electrons. The normalized spacial score (nSPS) is 14.7. The second kappa shape index (κ2) is 8.84. The molecule has 0 fully saturated rings. The Morgan fingerprint density at radius 3 is 2.62 bits per heavy atom. The number of hydrogen-bond donors (Lipinski definition) is 2. The predicted molar refractivity (Wildman–Crippen MR) is 68.2 cm³/mol. The highest BCUT2D eigenvalue weighted by Gasteiger charge is 2.33. The number of methoxy groups -OCH3 is 1. The van der Waals surface area contributed by atoms with Crippen molar-refractivity contribution in [3.8, 4) is 0 Å². The Morgan fingerprint density at radius 1 is 1.50 bits per heavy atom. The van der Waals surface area contributed by atoms with Crippen LogP contribution in [0.25, 0.3) is 0 Å². The average Bonchev–Trinajstić information content (AvgIpc) is 2.28. The van der Waals surface area contributed by atoms with Gasteiger partial charge < -0.3 is 15.2 Å². The van der Waals surface area contributed by atoms with E-state index in [0.29, 0.717) is 12.8 Å². The van der Waals surface area contributed by atoms with Crippen LogP contribution < -0.4 is 5.32 Å². The minimum Gasteiger partial charge on any atom is -0.480 e. The van der Waals surface area contributed by atoms with Crippen molar-refractivity contribution in [2.75, 3.05) is 32.3 Å². The number of carbonyl (C=O) groups is 1. The van der Waals surface area contributed by atoms with Gasteiger partial charge >= 0.3 is 5.97 Å². The van der Waals surface area contributed by atoms with Crippen molar-refractivity contribution in [3.05, 3.63) is 0 Å². The second-order valence-electron chi connectivity index (χ2n) is 3.70. The van der Waals surface area contributed by atoms with Crippen LogP contribution in [0.5, 0.6) is 0 Å². The highest BCUT2D eigenvalue weighted by atomic mass is 32.2. The van der Waals surface area contributed by atoms with Crippen molar-refractivity contribution in [2.24, 2.45) is 0 Å². The third-order valence-corrected chi connectivity index (χ3v) is 3.85. The zero-order chi connectivity index (χ0) is 12.4. The van der Waals surface area contributed by atoms with Gasteiger partial charge in [0.2, 0.25) is 0 Å². The fourth-order valence-electron chi connectivity index (χ4n) is 1.56. The summed E-state index contributed by atoms with van der Waals surface area (Å²) in [6, 6.07) is 0. The largest absolute Gasteiger partial charge is 0.480 e. The fraction of sp³-hybridized carbons (Fsp3) is 0.909. The number of likely N-dealkylation sites (N-methyl/N-ethyl adjacent to an activating group) is 1. The van der Waals surface area contributed by atoms with Gasteiger partial charge in [-0.3, -0.25) is 4.79 Å². The van der Waals surface area contributed by atoms with Crippen molar-refractivity contribution >= 4 is 17.7 Å². The molecule has 2 N–H and O–H groups in total. The van der Waals surface area contributed by atoms with E-state index >= 15 is 0 Å². The van der Waals surface area contributed by atoms with Gasteiger partial charge in [0.15, 0.2) is 0 Å². The lowest BCUT2D eigenvalue weighted by atomic mass is 9.91. The number of aliphatic carboxylic acids is 1. The van der Waals surface area contributed by atoms with Crippen LogP contribution in [0.4, 0.5) is 0 Å². The zero-order valence-electron chi connectivity index (χ0n) is 10.4. The first-order valence-corrected chi connectivity index (χ1v) is 6.77. The summed E-state index contributed by atoms with van der Waals surface area (Å²) in [5.41, 5.74) is -0.748. The molecule has 16 heavy (non-hydrogen) atoms. The number of hydrogen-bond acceptors (Lipinski definition) is 4. The molecule has 0 aliphatic carbocycles. The van der Waals surface area contributed by atoms with Crippen molar-refractivity contribution in [2.45, 2.75) is 31.7 Å². The monoisotopic (exact) mass is 249 g/mol. The molecule has 0 aromatic heterocycles. The number of ether oxygens (including phenoxy) is 1. The number of nitrogens with one attached hydrogen (secondary N) is 1. The molecule has 1 unspecified atom stereocenters. The molecule has 0 heterocycles. The summed E-state index contributed by atoms with van der Waals surface area (Å²) in [4.78, 5) is 11.2. The van der Waals surface area contributed by atoms with Crippen molar-refractivity contribution in [1.29, 1.82) is 0 Å². The Kier molecular flexibility index (Phi) is 8.70. The summed E-state index contributed by atoms with van der Waals surface area (Å²) < 4.78 is 4.94. The summed E-state index contributed by atoms with van der Waals surface area (Å²) in [6.45, 7) is 2.66. The summed E-state index contributed by atoms with van der Waals surface area (Å²) >= 11 is 1.81. The molecule has 0 rings (SSSR count). The van der Waals surface area contributed by atoms with E-state index in [1.807, 2.05) is 6.92 Å². The lowest BCUT2D eigenvalue weighted by Crippen LogP contribution is -2.49. The van der Waals surface area contributed by atoms with E-state index in [-0.39, 0.29) is 0 Å². The molecule has 0 saturated carbocycles. The van der Waals surface area contributed by atoms with Gasteiger partial charge in [0.1, 0.15) is 5.54 Å². The Morgan fingerprint density at radius 2 is 2.19 bits per heavy atom. The number of carboxylic acids is 1. The van der Waals surface area contributed by atoms with Crippen molar-refractivity contribution in [3.63, 3.8) is 0 Å². The topological polar surface area (TPSA) is 58.6 Å². The predicted octanol–water partition coefficient (Wildman–Crippen LogP) is 1.60. The van der Waals surface area contributed by atoms with Gasteiger partial charge in [-0.1, -0.05) is 6.92 Å². The van der Waals surface area contributed by atoms with Crippen LogP contribution in [0.1, 0.15) is 26.2 Å². The van der Waals surface area contributed by atoms with Gasteiger partial charge in [-0.15, -0.1) is 0 Å². The molecule has 0 aliphatic rings. The number of rotatable bonds is 10. The Labute approximate surface area is 102 Å². The molecule has 0 aliphatic heterocycles. The molecule has 0 aromatic carbocycles. The van der Waals surface area contributed by atoms with Crippen LogP contribution in [-0.2, 0) is 9.53 Å². The molecule has 0 spiro atoms. The maximum atomic E-state index is 11.2. The van der Waals surface area contributed by atoms with E-state index < -0.39 is 11.5 Å². The highest BCUT2D eigenvalue weighted by Crippen LogP contribution is 2.19. The first kappa shape index (κ1) is 15.7. The van der Waals surface area contributed by atoms with Crippen LogP contribution in [0.3, 0.4) is 0 Å². The summed E-state index contributed by atoms with van der Waals surface area (Å²) in [7, 11) is 3.41. The lowest BCUT2D eigenvalue weighted by molar-refractivity contribution is -0.145. The smallest absolute Gasteiger partial charge is 0.323 e. The molecule has 0 radical (unpaired) electrons. The van der Waals surface area contributed by atoms with Gasteiger partial charge in [0.05, 0.1) is 6.61 Å². The van der Waals surface area contributed by atoms with E-state index in [2.05, 4.69) is 5.32 Å². The van der Waals surface area contributed by atoms with Crippen LogP contribution in [0.15, 0.2) is 0 Å². The minimum atomic E-state index is -0.751. The molecule has 0 bridgehead atoms. The SMILES string of the molecule is CCC(CCCSCCOC)(NC)C(=O)O. The molecule has 1 atom stereocenters. The second-order valence-corrected chi connectivity index (χ2v) is 4.92. The van der Waals surface area contributed by atoms with Gasteiger partial charge in [0, 0.05) is 12.9 Å². The van der Waals surface area contributed by atoms with Gasteiger partial charge in [0.25, 0.3) is 0 Å². The average molecular weight is 249 g/mol. The minimum absolute atomic E-state index is 0.613. The van der Waals surface area contributed by atoms with E-state index in [1.165, 1.54) is 0 Å². The third kappa shape index (κ3) is 5.18. The van der Waals surface area contributed by atoms with Crippen LogP contribution in [0.2, 0.25) is 0 Å². The lowest BCUT2D eigenvalue weighted by Gasteiger charge is -2.27. The van der Waals surface area contributed by atoms with E-state index in [9.17, 15) is 9.90 Å². The molecular formula is C11H23NO3S. The van der Waals surface area contributed by atoms with Crippen molar-refractivity contribution in [1.82, 2.24) is 5.32 Å². The Hall–Kier alpha value is -0.260. The maximum absolute atomic E-state index is 11.2. The summed E-state index contributed by atoms with van der Waals surface area (Å²) in [6.07, 6.45) is 2.20. The molecule has 5 heteroatoms. The molecule has 4 nitrogen and oxygen atoms in total. The zero-order valence-corrected chi connectivity index (χ0v) is 11.2. The van der Waals surface area contributed by atoms with E-state index in [4.69, 9.17) is 4.74 Å². The molecule has 0 saturated heterocycles. The van der Waals surface area contributed by atoms with Crippen molar-refractivity contribution < 1.29 is 14.6 Å². The first-order chi connectivity index (χ1) is 7.63. The highest BCUT2D eigenvalue weighted by molar-refractivity contribution is 7.99. The van der Waals surface area contributed by atoms with E-state index in [0.717, 1.165) is 24.5 Å². The van der Waals surface area contributed by atoms with Gasteiger partial charge in [-0.05, 0) is 32.1 Å². The third-order valence-electron chi connectivity index (χ3n) is 2.82.